The number of rotatable bonds is 6. The zero-order valence-corrected chi connectivity index (χ0v) is 9.82. The fraction of sp³-hybridized carbons (Fsp3) is 0.545. The van der Waals surface area contributed by atoms with Gasteiger partial charge in [-0.05, 0) is 19.7 Å². The first-order valence-corrected chi connectivity index (χ1v) is 5.09. The van der Waals surface area contributed by atoms with Gasteiger partial charge in [-0.3, -0.25) is 4.90 Å². The number of hydrogen-bond donors (Lipinski definition) is 1. The Morgan fingerprint density at radius 2 is 2.40 bits per heavy atom. The topological polar surface area (TPSA) is 33.1 Å². The molecule has 15 heavy (non-hydrogen) atoms. The van der Waals surface area contributed by atoms with Crippen LogP contribution in [-0.4, -0.2) is 41.6 Å². The zero-order valence-electron chi connectivity index (χ0n) is 9.82. The molecule has 0 aliphatic carbocycles. The third kappa shape index (κ3) is 3.85. The molecule has 1 rings (SSSR count). The van der Waals surface area contributed by atoms with E-state index in [4.69, 9.17) is 0 Å². The lowest BCUT2D eigenvalue weighted by Crippen LogP contribution is -2.25. The van der Waals surface area contributed by atoms with Gasteiger partial charge in [-0.1, -0.05) is 6.58 Å². The summed E-state index contributed by atoms with van der Waals surface area (Å²) < 4.78 is 2.04. The Bertz CT molecular complexity index is 316. The summed E-state index contributed by atoms with van der Waals surface area (Å²) in [5.74, 6) is 1.08. The first-order valence-electron chi connectivity index (χ1n) is 5.09. The van der Waals surface area contributed by atoms with E-state index in [0.29, 0.717) is 0 Å². The van der Waals surface area contributed by atoms with Crippen LogP contribution >= 0.6 is 0 Å². The van der Waals surface area contributed by atoms with Crippen molar-refractivity contribution in [2.75, 3.05) is 27.2 Å². The third-order valence-electron chi connectivity index (χ3n) is 2.25. The van der Waals surface area contributed by atoms with Gasteiger partial charge in [-0.15, -0.1) is 0 Å². The standard InChI is InChI=1S/C11H20N4/c1-10(7-12-2)8-14(3)9-11-13-5-6-15(11)4/h5-6,12H,1,7-9H2,2-4H3. The molecule has 0 saturated carbocycles. The van der Waals surface area contributed by atoms with Crippen LogP contribution in [0.4, 0.5) is 0 Å². The first kappa shape index (κ1) is 11.9. The number of hydrogen-bond acceptors (Lipinski definition) is 3. The average Bonchev–Trinajstić information content (AvgIpc) is 2.52. The Kier molecular flexibility index (Phi) is 4.52. The minimum absolute atomic E-state index is 0.853. The molecule has 1 aromatic rings. The molecular formula is C11H20N4. The molecular weight excluding hydrogens is 188 g/mol. The number of nitrogens with zero attached hydrogens (tertiary/aromatic N) is 3. The average molecular weight is 208 g/mol. The molecule has 1 heterocycles. The van der Waals surface area contributed by atoms with Gasteiger partial charge in [0.1, 0.15) is 5.82 Å². The molecule has 0 atom stereocenters. The predicted octanol–water partition coefficient (Wildman–Crippen LogP) is 0.627. The zero-order chi connectivity index (χ0) is 11.3. The summed E-state index contributed by atoms with van der Waals surface area (Å²) in [6.45, 7) is 6.62. The molecule has 0 bridgehead atoms. The Balaban J connectivity index is 2.39. The molecule has 0 aromatic carbocycles. The van der Waals surface area contributed by atoms with E-state index in [2.05, 4.69) is 28.8 Å². The van der Waals surface area contributed by atoms with Gasteiger partial charge in [0.15, 0.2) is 0 Å². The number of likely N-dealkylation sites (N-methyl/N-ethyl adjacent to an activating group) is 2. The molecule has 4 heteroatoms. The van der Waals surface area contributed by atoms with Crippen LogP contribution in [0.25, 0.3) is 0 Å². The molecule has 0 aliphatic heterocycles. The lowest BCUT2D eigenvalue weighted by molar-refractivity contribution is 0.339. The summed E-state index contributed by atoms with van der Waals surface area (Å²) in [7, 11) is 6.03. The summed E-state index contributed by atoms with van der Waals surface area (Å²) in [5.41, 5.74) is 1.19. The second kappa shape index (κ2) is 5.68. The van der Waals surface area contributed by atoms with Crippen LogP contribution in [0.15, 0.2) is 24.5 Å². The quantitative estimate of drug-likeness (QED) is 0.696. The molecule has 0 aliphatic rings. The molecule has 0 saturated heterocycles. The van der Waals surface area contributed by atoms with E-state index in [9.17, 15) is 0 Å². The number of aromatic nitrogens is 2. The summed E-state index contributed by atoms with van der Waals surface area (Å²) in [5, 5.41) is 3.10. The molecule has 84 valence electrons. The van der Waals surface area contributed by atoms with Crippen LogP contribution in [0.5, 0.6) is 0 Å². The van der Waals surface area contributed by atoms with E-state index in [1.54, 1.807) is 0 Å². The summed E-state index contributed by atoms with van der Waals surface area (Å²) >= 11 is 0. The van der Waals surface area contributed by atoms with Crippen LogP contribution in [0.1, 0.15) is 5.82 Å². The van der Waals surface area contributed by atoms with Gasteiger partial charge in [-0.25, -0.2) is 4.98 Å². The van der Waals surface area contributed by atoms with E-state index in [1.165, 1.54) is 5.57 Å². The monoisotopic (exact) mass is 208 g/mol. The molecule has 0 amide bonds. The molecule has 0 radical (unpaired) electrons. The van der Waals surface area contributed by atoms with Gasteiger partial charge in [-0.2, -0.15) is 0 Å². The minimum Gasteiger partial charge on any atom is -0.337 e. The van der Waals surface area contributed by atoms with Crippen LogP contribution in [0.2, 0.25) is 0 Å². The van der Waals surface area contributed by atoms with Crippen molar-refractivity contribution in [3.63, 3.8) is 0 Å². The smallest absolute Gasteiger partial charge is 0.122 e. The number of nitrogens with one attached hydrogen (secondary N) is 1. The van der Waals surface area contributed by atoms with Crippen molar-refractivity contribution >= 4 is 0 Å². The van der Waals surface area contributed by atoms with E-state index < -0.39 is 0 Å². The lowest BCUT2D eigenvalue weighted by Gasteiger charge is -2.17. The largest absolute Gasteiger partial charge is 0.337 e. The normalized spacial score (nSPS) is 10.9. The maximum atomic E-state index is 4.29. The first-order chi connectivity index (χ1) is 7.13. The van der Waals surface area contributed by atoms with Crippen molar-refractivity contribution in [1.82, 2.24) is 19.8 Å². The van der Waals surface area contributed by atoms with Crippen molar-refractivity contribution in [3.05, 3.63) is 30.4 Å². The molecule has 4 nitrogen and oxygen atoms in total. The maximum absolute atomic E-state index is 4.29. The highest BCUT2D eigenvalue weighted by atomic mass is 15.1. The lowest BCUT2D eigenvalue weighted by atomic mass is 10.3. The molecule has 0 fully saturated rings. The fourth-order valence-electron chi connectivity index (χ4n) is 1.53. The van der Waals surface area contributed by atoms with Gasteiger partial charge in [0.25, 0.3) is 0 Å². The van der Waals surface area contributed by atoms with Crippen molar-refractivity contribution in [2.45, 2.75) is 6.54 Å². The van der Waals surface area contributed by atoms with Gasteiger partial charge < -0.3 is 9.88 Å². The second-order valence-electron chi connectivity index (χ2n) is 3.91. The van der Waals surface area contributed by atoms with Crippen LogP contribution in [0.3, 0.4) is 0 Å². The fourth-order valence-corrected chi connectivity index (χ4v) is 1.53. The maximum Gasteiger partial charge on any atom is 0.122 e. The summed E-state index contributed by atoms with van der Waals surface area (Å²) in [6, 6.07) is 0. The third-order valence-corrected chi connectivity index (χ3v) is 2.25. The summed E-state index contributed by atoms with van der Waals surface area (Å²) in [4.78, 5) is 6.50. The Hall–Kier alpha value is -1.13. The highest BCUT2D eigenvalue weighted by Gasteiger charge is 2.05. The Morgan fingerprint density at radius 1 is 1.67 bits per heavy atom. The van der Waals surface area contributed by atoms with Crippen LogP contribution in [-0.2, 0) is 13.6 Å². The van der Waals surface area contributed by atoms with Gasteiger partial charge in [0.2, 0.25) is 0 Å². The van der Waals surface area contributed by atoms with Crippen LogP contribution in [0, 0.1) is 0 Å². The SMILES string of the molecule is C=C(CNC)CN(C)Cc1nccn1C. The summed E-state index contributed by atoms with van der Waals surface area (Å²) in [6.07, 6.45) is 3.79. The molecule has 0 unspecified atom stereocenters. The van der Waals surface area contributed by atoms with Crippen molar-refractivity contribution in [1.29, 1.82) is 0 Å². The second-order valence-corrected chi connectivity index (χ2v) is 3.91. The predicted molar refractivity (Wildman–Crippen MR) is 62.6 cm³/mol. The highest BCUT2D eigenvalue weighted by molar-refractivity contribution is 5.00. The molecule has 0 spiro atoms. The van der Waals surface area contributed by atoms with Gasteiger partial charge in [0, 0.05) is 32.5 Å². The molecule has 1 N–H and O–H groups in total. The van der Waals surface area contributed by atoms with E-state index in [0.717, 1.165) is 25.5 Å². The minimum atomic E-state index is 0.853. The van der Waals surface area contributed by atoms with Gasteiger partial charge in [0.05, 0.1) is 6.54 Å². The Labute approximate surface area is 91.6 Å². The number of aryl methyl sites for hydroxylation is 1. The molecule has 1 aromatic heterocycles. The van der Waals surface area contributed by atoms with Crippen molar-refractivity contribution in [3.8, 4) is 0 Å². The van der Waals surface area contributed by atoms with E-state index in [-0.39, 0.29) is 0 Å². The Morgan fingerprint density at radius 3 is 2.93 bits per heavy atom. The van der Waals surface area contributed by atoms with E-state index >= 15 is 0 Å². The van der Waals surface area contributed by atoms with Gasteiger partial charge >= 0.3 is 0 Å². The highest BCUT2D eigenvalue weighted by Crippen LogP contribution is 2.01. The van der Waals surface area contributed by atoms with Crippen molar-refractivity contribution in [2.24, 2.45) is 7.05 Å². The van der Waals surface area contributed by atoms with Crippen LogP contribution < -0.4 is 5.32 Å². The van der Waals surface area contributed by atoms with Crippen molar-refractivity contribution < 1.29 is 0 Å². The van der Waals surface area contributed by atoms with E-state index in [1.807, 2.05) is 31.1 Å². The number of imidazole rings is 1.